The second-order valence-electron chi connectivity index (χ2n) is 3.00. The maximum absolute atomic E-state index is 10.5. The standard InChI is InChI=1S/C7H12O3/c1-5-3-4-7(2,10-5)6(8)9/h5H,3-4H2,1-2H3,(H,8,9)/t5?,7-/m1/s1. The first-order valence-electron chi connectivity index (χ1n) is 3.46. The SMILES string of the molecule is CC1CC[C@](C)(C(=O)O)O1. The van der Waals surface area contributed by atoms with Gasteiger partial charge in [0.05, 0.1) is 6.10 Å². The molecule has 0 aromatic heterocycles. The van der Waals surface area contributed by atoms with E-state index in [2.05, 4.69) is 0 Å². The highest BCUT2D eigenvalue weighted by Crippen LogP contribution is 2.29. The highest BCUT2D eigenvalue weighted by Gasteiger charge is 2.40. The van der Waals surface area contributed by atoms with Crippen LogP contribution in [0.4, 0.5) is 0 Å². The van der Waals surface area contributed by atoms with Crippen molar-refractivity contribution in [3.63, 3.8) is 0 Å². The summed E-state index contributed by atoms with van der Waals surface area (Å²) in [6.07, 6.45) is 1.58. The zero-order valence-corrected chi connectivity index (χ0v) is 6.26. The number of hydrogen-bond donors (Lipinski definition) is 1. The van der Waals surface area contributed by atoms with Crippen LogP contribution in [0.25, 0.3) is 0 Å². The largest absolute Gasteiger partial charge is 0.479 e. The lowest BCUT2D eigenvalue weighted by Gasteiger charge is -2.17. The molecule has 1 unspecified atom stereocenters. The summed E-state index contributed by atoms with van der Waals surface area (Å²) >= 11 is 0. The minimum Gasteiger partial charge on any atom is -0.479 e. The zero-order valence-electron chi connectivity index (χ0n) is 6.26. The Morgan fingerprint density at radius 2 is 2.40 bits per heavy atom. The van der Waals surface area contributed by atoms with E-state index in [4.69, 9.17) is 9.84 Å². The van der Waals surface area contributed by atoms with Gasteiger partial charge in [0.25, 0.3) is 0 Å². The predicted octanol–water partition coefficient (Wildman–Crippen LogP) is 1.03. The Bertz CT molecular complexity index is 155. The fourth-order valence-corrected chi connectivity index (χ4v) is 1.20. The van der Waals surface area contributed by atoms with Gasteiger partial charge in [-0.25, -0.2) is 4.79 Å². The second-order valence-corrected chi connectivity index (χ2v) is 3.00. The average molecular weight is 144 g/mol. The molecule has 1 fully saturated rings. The number of carboxylic acid groups (broad SMARTS) is 1. The molecule has 58 valence electrons. The summed E-state index contributed by atoms with van der Waals surface area (Å²) in [4.78, 5) is 10.5. The molecule has 3 nitrogen and oxygen atoms in total. The molecule has 0 bridgehead atoms. The number of carboxylic acids is 1. The van der Waals surface area contributed by atoms with Gasteiger partial charge in [0, 0.05) is 0 Å². The van der Waals surface area contributed by atoms with Crippen LogP contribution in [0.2, 0.25) is 0 Å². The van der Waals surface area contributed by atoms with E-state index in [0.29, 0.717) is 6.42 Å². The Kier molecular flexibility index (Phi) is 1.68. The Balaban J connectivity index is 2.63. The highest BCUT2D eigenvalue weighted by molar-refractivity contribution is 5.77. The van der Waals surface area contributed by atoms with E-state index < -0.39 is 11.6 Å². The Hall–Kier alpha value is -0.570. The summed E-state index contributed by atoms with van der Waals surface area (Å²) in [7, 11) is 0. The van der Waals surface area contributed by atoms with Crippen molar-refractivity contribution in [2.75, 3.05) is 0 Å². The van der Waals surface area contributed by atoms with Crippen molar-refractivity contribution < 1.29 is 14.6 Å². The van der Waals surface area contributed by atoms with Crippen LogP contribution in [-0.2, 0) is 9.53 Å². The molecular formula is C7H12O3. The van der Waals surface area contributed by atoms with E-state index in [1.807, 2.05) is 6.92 Å². The molecule has 1 aliphatic heterocycles. The summed E-state index contributed by atoms with van der Waals surface area (Å²) in [5.41, 5.74) is -0.917. The quantitative estimate of drug-likeness (QED) is 0.597. The van der Waals surface area contributed by atoms with E-state index in [1.54, 1.807) is 6.92 Å². The third-order valence-corrected chi connectivity index (χ3v) is 1.94. The van der Waals surface area contributed by atoms with E-state index in [-0.39, 0.29) is 6.10 Å². The first-order valence-corrected chi connectivity index (χ1v) is 3.46. The first kappa shape index (κ1) is 7.54. The molecule has 1 aliphatic rings. The molecule has 3 heteroatoms. The molecule has 1 heterocycles. The van der Waals surface area contributed by atoms with E-state index in [9.17, 15) is 4.79 Å². The lowest BCUT2D eigenvalue weighted by Crippen LogP contribution is -2.34. The van der Waals surface area contributed by atoms with Crippen molar-refractivity contribution in [1.29, 1.82) is 0 Å². The van der Waals surface area contributed by atoms with Crippen LogP contribution in [0.3, 0.4) is 0 Å². The summed E-state index contributed by atoms with van der Waals surface area (Å²) in [6.45, 7) is 3.52. The molecule has 1 rings (SSSR count). The molecular weight excluding hydrogens is 132 g/mol. The minimum absolute atomic E-state index is 0.0982. The predicted molar refractivity (Wildman–Crippen MR) is 35.8 cm³/mol. The Morgan fingerprint density at radius 1 is 1.80 bits per heavy atom. The monoisotopic (exact) mass is 144 g/mol. The zero-order chi connectivity index (χ0) is 7.78. The molecule has 2 atom stereocenters. The van der Waals surface area contributed by atoms with Gasteiger partial charge in [-0.2, -0.15) is 0 Å². The summed E-state index contributed by atoms with van der Waals surface area (Å²) < 4.78 is 5.21. The number of ether oxygens (including phenoxy) is 1. The normalized spacial score (nSPS) is 40.0. The van der Waals surface area contributed by atoms with E-state index in [1.165, 1.54) is 0 Å². The molecule has 0 radical (unpaired) electrons. The summed E-state index contributed by atoms with van der Waals surface area (Å²) in [5.74, 6) is -0.850. The number of hydrogen-bond acceptors (Lipinski definition) is 2. The number of carbonyl (C=O) groups is 1. The topological polar surface area (TPSA) is 46.5 Å². The lowest BCUT2D eigenvalue weighted by molar-refractivity contribution is -0.161. The van der Waals surface area contributed by atoms with Crippen LogP contribution < -0.4 is 0 Å². The van der Waals surface area contributed by atoms with Crippen LogP contribution in [0, 0.1) is 0 Å². The Labute approximate surface area is 60.0 Å². The molecule has 0 spiro atoms. The van der Waals surface area contributed by atoms with Gasteiger partial charge in [-0.1, -0.05) is 0 Å². The van der Waals surface area contributed by atoms with Gasteiger partial charge < -0.3 is 9.84 Å². The molecule has 0 aromatic rings. The maximum atomic E-state index is 10.5. The maximum Gasteiger partial charge on any atom is 0.335 e. The van der Waals surface area contributed by atoms with Gasteiger partial charge in [0.2, 0.25) is 0 Å². The average Bonchev–Trinajstić information content (AvgIpc) is 2.13. The second kappa shape index (κ2) is 2.23. The smallest absolute Gasteiger partial charge is 0.335 e. The fourth-order valence-electron chi connectivity index (χ4n) is 1.20. The van der Waals surface area contributed by atoms with Crippen LogP contribution in [0.15, 0.2) is 0 Å². The molecule has 1 N–H and O–H groups in total. The van der Waals surface area contributed by atoms with Crippen LogP contribution in [-0.4, -0.2) is 22.8 Å². The molecule has 0 saturated carbocycles. The first-order chi connectivity index (χ1) is 4.54. The third kappa shape index (κ3) is 1.14. The van der Waals surface area contributed by atoms with Crippen molar-refractivity contribution in [3.05, 3.63) is 0 Å². The van der Waals surface area contributed by atoms with Crippen molar-refractivity contribution >= 4 is 5.97 Å². The van der Waals surface area contributed by atoms with Crippen molar-refractivity contribution in [3.8, 4) is 0 Å². The van der Waals surface area contributed by atoms with Crippen molar-refractivity contribution in [1.82, 2.24) is 0 Å². The van der Waals surface area contributed by atoms with Gasteiger partial charge in [-0.3, -0.25) is 0 Å². The van der Waals surface area contributed by atoms with Gasteiger partial charge in [0.15, 0.2) is 5.60 Å². The molecule has 0 aromatic carbocycles. The minimum atomic E-state index is -0.917. The summed E-state index contributed by atoms with van der Waals surface area (Å²) in [6, 6.07) is 0. The van der Waals surface area contributed by atoms with Crippen LogP contribution in [0.5, 0.6) is 0 Å². The van der Waals surface area contributed by atoms with Gasteiger partial charge in [-0.15, -0.1) is 0 Å². The van der Waals surface area contributed by atoms with Crippen molar-refractivity contribution in [2.45, 2.75) is 38.4 Å². The third-order valence-electron chi connectivity index (χ3n) is 1.94. The number of rotatable bonds is 1. The van der Waals surface area contributed by atoms with Gasteiger partial charge >= 0.3 is 5.97 Å². The summed E-state index contributed by atoms with van der Waals surface area (Å²) in [5, 5.41) is 8.67. The van der Waals surface area contributed by atoms with Crippen LogP contribution >= 0.6 is 0 Å². The molecule has 0 amide bonds. The van der Waals surface area contributed by atoms with Crippen molar-refractivity contribution in [2.24, 2.45) is 0 Å². The van der Waals surface area contributed by atoms with Crippen LogP contribution in [0.1, 0.15) is 26.7 Å². The fraction of sp³-hybridized carbons (Fsp3) is 0.857. The number of aliphatic carboxylic acids is 1. The molecule has 1 saturated heterocycles. The molecule has 10 heavy (non-hydrogen) atoms. The van der Waals surface area contributed by atoms with E-state index in [0.717, 1.165) is 6.42 Å². The highest BCUT2D eigenvalue weighted by atomic mass is 16.5. The molecule has 0 aliphatic carbocycles. The lowest BCUT2D eigenvalue weighted by atomic mass is 10.0. The van der Waals surface area contributed by atoms with Gasteiger partial charge in [0.1, 0.15) is 0 Å². The van der Waals surface area contributed by atoms with E-state index >= 15 is 0 Å². The van der Waals surface area contributed by atoms with Gasteiger partial charge in [-0.05, 0) is 26.7 Å². The Morgan fingerprint density at radius 3 is 2.60 bits per heavy atom.